The first kappa shape index (κ1) is 27.9. The summed E-state index contributed by atoms with van der Waals surface area (Å²) in [6.07, 6.45) is 4.53. The van der Waals surface area contributed by atoms with E-state index < -0.39 is 35.0 Å². The average Bonchev–Trinajstić information content (AvgIpc) is 3.42. The molecule has 1 N–H and O–H groups in total. The number of aliphatic hydroxyl groups is 1. The molecule has 0 aromatic heterocycles. The molecule has 2 bridgehead atoms. The zero-order valence-electron chi connectivity index (χ0n) is 22.4. The van der Waals surface area contributed by atoms with Gasteiger partial charge in [-0.15, -0.1) is 13.2 Å². The Bertz CT molecular complexity index is 1090. The molecular formula is C29H38N2O7. The maximum absolute atomic E-state index is 14.4. The number of hydrogen-bond donors (Lipinski definition) is 1. The Morgan fingerprint density at radius 3 is 2.58 bits per heavy atom. The number of benzene rings is 1. The quantitative estimate of drug-likeness (QED) is 0.254. The second-order valence-electron chi connectivity index (χ2n) is 10.5. The van der Waals surface area contributed by atoms with Gasteiger partial charge in [-0.3, -0.25) is 14.4 Å². The molecule has 9 heteroatoms. The molecule has 3 aliphatic heterocycles. The zero-order chi connectivity index (χ0) is 27.7. The van der Waals surface area contributed by atoms with Crippen LogP contribution in [0, 0.1) is 17.8 Å². The van der Waals surface area contributed by atoms with Crippen LogP contribution in [0.5, 0.6) is 5.75 Å². The van der Waals surface area contributed by atoms with E-state index in [9.17, 15) is 19.5 Å². The second-order valence-corrected chi connectivity index (χ2v) is 10.5. The lowest BCUT2D eigenvalue weighted by Crippen LogP contribution is -2.57. The van der Waals surface area contributed by atoms with Crippen molar-refractivity contribution >= 4 is 23.5 Å². The number of nitrogens with zero attached hydrogens (tertiary/aromatic N) is 2. The van der Waals surface area contributed by atoms with E-state index >= 15 is 0 Å². The SMILES string of the molecule is C=CCCOC(=O)[C@H]1[C@H]2C(=O)N(CCCO)C(C(=O)N(CC=C)c3ccc(OC)cc3)C23CC(C)[C@]1(C)O3. The molecule has 3 saturated heterocycles. The van der Waals surface area contributed by atoms with Gasteiger partial charge in [0.05, 0.1) is 25.2 Å². The number of amides is 2. The molecule has 0 aliphatic carbocycles. The summed E-state index contributed by atoms with van der Waals surface area (Å²) in [7, 11) is 1.57. The molecule has 3 heterocycles. The molecule has 4 rings (SSSR count). The van der Waals surface area contributed by atoms with Gasteiger partial charge in [-0.1, -0.05) is 19.1 Å². The van der Waals surface area contributed by atoms with Crippen molar-refractivity contribution in [3.63, 3.8) is 0 Å². The maximum atomic E-state index is 14.4. The highest BCUT2D eigenvalue weighted by atomic mass is 16.6. The van der Waals surface area contributed by atoms with Crippen LogP contribution in [0.25, 0.3) is 0 Å². The fraction of sp³-hybridized carbons (Fsp3) is 0.552. The summed E-state index contributed by atoms with van der Waals surface area (Å²) < 4.78 is 17.5. The molecule has 1 aromatic rings. The molecule has 3 aliphatic rings. The van der Waals surface area contributed by atoms with Gasteiger partial charge in [0.1, 0.15) is 23.3 Å². The van der Waals surface area contributed by atoms with Crippen LogP contribution in [0.15, 0.2) is 49.6 Å². The molecule has 1 aromatic carbocycles. The predicted molar refractivity (Wildman–Crippen MR) is 142 cm³/mol. The summed E-state index contributed by atoms with van der Waals surface area (Å²) in [6.45, 7) is 11.7. The number of aliphatic hydroxyl groups excluding tert-OH is 1. The standard InChI is InChI=1S/C29H38N2O7/c1-6-8-17-37-27(35)23-22-25(33)31(15-9-16-32)24(29(22)18-19(3)28(23,4)38-29)26(34)30(14-7-2)20-10-12-21(36-5)13-11-20/h6-7,10-13,19,22-24,32H,1-2,8-9,14-18H2,3-5H3/t19?,22-,23+,24?,28-,29?/m0/s1. The molecule has 3 unspecified atom stereocenters. The lowest BCUT2D eigenvalue weighted by Gasteiger charge is -2.37. The molecule has 0 saturated carbocycles. The topological polar surface area (TPSA) is 106 Å². The van der Waals surface area contributed by atoms with Crippen LogP contribution in [-0.4, -0.2) is 78.4 Å². The highest BCUT2D eigenvalue weighted by Crippen LogP contribution is 2.65. The Hall–Kier alpha value is -3.17. The van der Waals surface area contributed by atoms with Gasteiger partial charge in [-0.2, -0.15) is 0 Å². The van der Waals surface area contributed by atoms with Crippen molar-refractivity contribution in [2.24, 2.45) is 17.8 Å². The maximum Gasteiger partial charge on any atom is 0.312 e. The Balaban J connectivity index is 1.77. The van der Waals surface area contributed by atoms with E-state index in [0.29, 0.717) is 30.7 Å². The van der Waals surface area contributed by atoms with Crippen LogP contribution in [0.2, 0.25) is 0 Å². The molecular weight excluding hydrogens is 488 g/mol. The predicted octanol–water partition coefficient (Wildman–Crippen LogP) is 2.73. The number of likely N-dealkylation sites (tertiary alicyclic amines) is 1. The first-order valence-electron chi connectivity index (χ1n) is 13.2. The van der Waals surface area contributed by atoms with Gasteiger partial charge in [0.2, 0.25) is 5.91 Å². The van der Waals surface area contributed by atoms with Crippen LogP contribution in [0.4, 0.5) is 5.69 Å². The minimum Gasteiger partial charge on any atom is -0.497 e. The van der Waals surface area contributed by atoms with Crippen LogP contribution < -0.4 is 9.64 Å². The number of fused-ring (bicyclic) bond motifs is 1. The van der Waals surface area contributed by atoms with Crippen molar-refractivity contribution in [3.05, 3.63) is 49.6 Å². The van der Waals surface area contributed by atoms with Crippen molar-refractivity contribution in [2.45, 2.75) is 50.4 Å². The van der Waals surface area contributed by atoms with E-state index in [4.69, 9.17) is 14.2 Å². The largest absolute Gasteiger partial charge is 0.497 e. The van der Waals surface area contributed by atoms with Gasteiger partial charge < -0.3 is 29.1 Å². The Morgan fingerprint density at radius 1 is 1.26 bits per heavy atom. The van der Waals surface area contributed by atoms with Gasteiger partial charge in [-0.05, 0) is 56.4 Å². The Morgan fingerprint density at radius 2 is 1.97 bits per heavy atom. The second kappa shape index (κ2) is 10.9. The van der Waals surface area contributed by atoms with Crippen LogP contribution in [0.3, 0.4) is 0 Å². The smallest absolute Gasteiger partial charge is 0.312 e. The van der Waals surface area contributed by atoms with Crippen LogP contribution >= 0.6 is 0 Å². The van der Waals surface area contributed by atoms with E-state index in [1.165, 1.54) is 4.90 Å². The molecule has 206 valence electrons. The van der Waals surface area contributed by atoms with E-state index in [-0.39, 0.29) is 44.0 Å². The number of ether oxygens (including phenoxy) is 3. The molecule has 9 nitrogen and oxygen atoms in total. The van der Waals surface area contributed by atoms with Crippen molar-refractivity contribution in [1.82, 2.24) is 4.90 Å². The fourth-order valence-corrected chi connectivity index (χ4v) is 6.55. The summed E-state index contributed by atoms with van der Waals surface area (Å²) in [5, 5.41) is 9.56. The number of carbonyl (C=O) groups is 3. The lowest BCUT2D eigenvalue weighted by molar-refractivity contribution is -0.161. The number of esters is 1. The highest BCUT2D eigenvalue weighted by Gasteiger charge is 2.80. The van der Waals surface area contributed by atoms with Gasteiger partial charge in [-0.25, -0.2) is 0 Å². The molecule has 38 heavy (non-hydrogen) atoms. The van der Waals surface area contributed by atoms with E-state index in [1.807, 2.05) is 13.8 Å². The third-order valence-electron chi connectivity index (χ3n) is 8.39. The lowest BCUT2D eigenvalue weighted by atomic mass is 9.62. The molecule has 3 fully saturated rings. The summed E-state index contributed by atoms with van der Waals surface area (Å²) in [5.74, 6) is -2.26. The zero-order valence-corrected chi connectivity index (χ0v) is 22.4. The molecule has 1 spiro atoms. The normalized spacial score (nSPS) is 31.2. The van der Waals surface area contributed by atoms with Gasteiger partial charge in [0.25, 0.3) is 5.91 Å². The first-order chi connectivity index (χ1) is 18.2. The van der Waals surface area contributed by atoms with Crippen molar-refractivity contribution in [2.75, 3.05) is 38.3 Å². The third kappa shape index (κ3) is 4.31. The number of hydrogen-bond acceptors (Lipinski definition) is 7. The summed E-state index contributed by atoms with van der Waals surface area (Å²) in [4.78, 5) is 44.9. The Kier molecular flexibility index (Phi) is 7.99. The van der Waals surface area contributed by atoms with Crippen molar-refractivity contribution in [3.8, 4) is 5.75 Å². The minimum absolute atomic E-state index is 0.0922. The average molecular weight is 527 g/mol. The monoisotopic (exact) mass is 526 g/mol. The summed E-state index contributed by atoms with van der Waals surface area (Å²) in [5.41, 5.74) is -1.51. The molecule has 0 radical (unpaired) electrons. The Labute approximate surface area is 224 Å². The number of anilines is 1. The van der Waals surface area contributed by atoms with Crippen LogP contribution in [-0.2, 0) is 23.9 Å². The van der Waals surface area contributed by atoms with E-state index in [1.54, 1.807) is 48.4 Å². The summed E-state index contributed by atoms with van der Waals surface area (Å²) in [6, 6.07) is 6.11. The van der Waals surface area contributed by atoms with Crippen LogP contribution in [0.1, 0.15) is 33.1 Å². The van der Waals surface area contributed by atoms with E-state index in [2.05, 4.69) is 13.2 Å². The van der Waals surface area contributed by atoms with Crippen molar-refractivity contribution in [1.29, 1.82) is 0 Å². The van der Waals surface area contributed by atoms with Crippen molar-refractivity contribution < 1.29 is 33.7 Å². The number of rotatable bonds is 12. The van der Waals surface area contributed by atoms with Gasteiger partial charge >= 0.3 is 5.97 Å². The number of methoxy groups -OCH3 is 1. The molecule has 6 atom stereocenters. The van der Waals surface area contributed by atoms with Gasteiger partial charge in [0.15, 0.2) is 0 Å². The number of carbonyl (C=O) groups excluding carboxylic acids is 3. The third-order valence-corrected chi connectivity index (χ3v) is 8.39. The van der Waals surface area contributed by atoms with Gasteiger partial charge in [0, 0.05) is 25.4 Å². The molecule has 2 amide bonds. The highest BCUT2D eigenvalue weighted by molar-refractivity contribution is 6.04. The minimum atomic E-state index is -1.19. The van der Waals surface area contributed by atoms with E-state index in [0.717, 1.165) is 0 Å². The summed E-state index contributed by atoms with van der Waals surface area (Å²) >= 11 is 0. The first-order valence-corrected chi connectivity index (χ1v) is 13.2. The fourth-order valence-electron chi connectivity index (χ4n) is 6.55.